The van der Waals surface area contributed by atoms with Crippen molar-refractivity contribution in [3.8, 4) is 0 Å². The van der Waals surface area contributed by atoms with Crippen molar-refractivity contribution in [3.05, 3.63) is 23.9 Å². The van der Waals surface area contributed by atoms with E-state index in [2.05, 4.69) is 10.1 Å². The topological polar surface area (TPSA) is 69.0 Å². The highest BCUT2D eigenvalue weighted by Gasteiger charge is 2.71. The van der Waals surface area contributed by atoms with Gasteiger partial charge in [0.1, 0.15) is 11.1 Å². The highest BCUT2D eigenvalue weighted by atomic mass is 127. The van der Waals surface area contributed by atoms with Crippen molar-refractivity contribution in [1.29, 1.82) is 0 Å². The Bertz CT molecular complexity index is 827. The maximum absolute atomic E-state index is 13.8. The third kappa shape index (κ3) is 4.85. The lowest BCUT2D eigenvalue weighted by Crippen LogP contribution is -2.64. The van der Waals surface area contributed by atoms with Crippen LogP contribution in [-0.4, -0.2) is 54.4 Å². The van der Waals surface area contributed by atoms with E-state index < -0.39 is 59.4 Å². The Morgan fingerprint density at radius 3 is 1.97 bits per heavy atom. The van der Waals surface area contributed by atoms with Crippen molar-refractivity contribution in [2.75, 3.05) is 13.9 Å². The lowest BCUT2D eigenvalue weighted by molar-refractivity contribution is -0.248. The molecule has 0 bridgehead atoms. The van der Waals surface area contributed by atoms with Crippen LogP contribution < -0.4 is 5.01 Å². The number of rotatable bonds is 5. The number of nitrogens with zero attached hydrogens (tertiary/aromatic N) is 3. The second-order valence-corrected chi connectivity index (χ2v) is 8.19. The van der Waals surface area contributed by atoms with Gasteiger partial charge >= 0.3 is 18.5 Å². The van der Waals surface area contributed by atoms with Crippen molar-refractivity contribution in [2.24, 2.45) is 16.4 Å². The van der Waals surface area contributed by atoms with Crippen LogP contribution >= 0.6 is 45.2 Å². The van der Waals surface area contributed by atoms with E-state index in [-0.39, 0.29) is 13.9 Å². The van der Waals surface area contributed by atoms with E-state index >= 15 is 0 Å². The molecule has 5 nitrogen and oxygen atoms in total. The second-order valence-electron chi connectivity index (χ2n) is 6.43. The number of hydrazone groups is 1. The van der Waals surface area contributed by atoms with Crippen LogP contribution in [0.15, 0.2) is 23.3 Å². The molecule has 16 heteroatoms. The minimum Gasteiger partial charge on any atom is -0.383 e. The number of aromatic nitrogens is 1. The maximum atomic E-state index is 13.8. The minimum absolute atomic E-state index is 0.0708. The number of anilines is 1. The van der Waals surface area contributed by atoms with Gasteiger partial charge in [0.2, 0.25) is 0 Å². The van der Waals surface area contributed by atoms with E-state index in [9.17, 15) is 49.7 Å². The van der Waals surface area contributed by atoms with Crippen molar-refractivity contribution >= 4 is 56.7 Å². The lowest BCUT2D eigenvalue weighted by atomic mass is 9.67. The monoisotopic (exact) mass is 691 g/mol. The van der Waals surface area contributed by atoms with Crippen LogP contribution in [-0.2, 0) is 6.18 Å². The fraction of sp³-hybridized carbons (Fsp3) is 0.600. The Morgan fingerprint density at radius 1 is 1.00 bits per heavy atom. The maximum Gasteiger partial charge on any atom is 0.433 e. The van der Waals surface area contributed by atoms with Gasteiger partial charge in [-0.1, -0.05) is 51.2 Å². The summed E-state index contributed by atoms with van der Waals surface area (Å²) in [6.45, 7) is 0. The summed E-state index contributed by atoms with van der Waals surface area (Å²) < 4.78 is 120. The second kappa shape index (κ2) is 8.96. The molecule has 0 saturated heterocycles. The van der Waals surface area contributed by atoms with Gasteiger partial charge in [-0.3, -0.25) is 0 Å². The lowest BCUT2D eigenvalue weighted by Gasteiger charge is -2.44. The van der Waals surface area contributed by atoms with Crippen LogP contribution in [0, 0.1) is 11.3 Å². The molecule has 2 heterocycles. The normalized spacial score (nSPS) is 24.0. The van der Waals surface area contributed by atoms with Gasteiger partial charge in [-0.2, -0.15) is 44.6 Å². The summed E-state index contributed by atoms with van der Waals surface area (Å²) in [6.07, 6.45) is -22.7. The van der Waals surface area contributed by atoms with Crippen LogP contribution in [0.2, 0.25) is 0 Å². The van der Waals surface area contributed by atoms with E-state index in [1.165, 1.54) is 45.2 Å². The molecule has 1 aliphatic rings. The average molecular weight is 691 g/mol. The predicted molar refractivity (Wildman–Crippen MR) is 107 cm³/mol. The zero-order valence-corrected chi connectivity index (χ0v) is 19.1. The van der Waals surface area contributed by atoms with E-state index in [0.717, 1.165) is 12.1 Å². The first-order valence-electron chi connectivity index (χ1n) is 8.07. The zero-order chi connectivity index (χ0) is 24.0. The summed E-state index contributed by atoms with van der Waals surface area (Å²) in [7, 11) is 0. The van der Waals surface area contributed by atoms with Crippen molar-refractivity contribution in [2.45, 2.75) is 30.9 Å². The fourth-order valence-corrected chi connectivity index (χ4v) is 6.50. The molecule has 176 valence electrons. The van der Waals surface area contributed by atoms with Crippen LogP contribution in [0.1, 0.15) is 5.69 Å². The van der Waals surface area contributed by atoms with Gasteiger partial charge in [0.25, 0.3) is 0 Å². The Morgan fingerprint density at radius 2 is 1.55 bits per heavy atom. The zero-order valence-electron chi connectivity index (χ0n) is 14.8. The largest absolute Gasteiger partial charge is 0.433 e. The van der Waals surface area contributed by atoms with Crippen LogP contribution in [0.3, 0.4) is 0 Å². The Kier molecular flexibility index (Phi) is 7.69. The number of pyridine rings is 1. The van der Waals surface area contributed by atoms with Gasteiger partial charge in [0.15, 0.2) is 23.9 Å². The summed E-state index contributed by atoms with van der Waals surface area (Å²) in [5.41, 5.74) is -7.15. The fourth-order valence-electron chi connectivity index (χ4n) is 3.23. The first-order chi connectivity index (χ1) is 14.0. The molecule has 31 heavy (non-hydrogen) atoms. The molecule has 3 atom stereocenters. The summed E-state index contributed by atoms with van der Waals surface area (Å²) in [4.78, 5) is 3.09. The number of halogens is 11. The smallest absolute Gasteiger partial charge is 0.383 e. The molecule has 0 aliphatic carbocycles. The molecule has 2 N–H and O–H groups in total. The first-order valence-corrected chi connectivity index (χ1v) is 11.1. The summed E-state index contributed by atoms with van der Waals surface area (Å²) in [5.74, 6) is -2.59. The third-order valence-corrected chi connectivity index (χ3v) is 6.74. The van der Waals surface area contributed by atoms with Crippen LogP contribution in [0.5, 0.6) is 0 Å². The molecule has 0 aromatic carbocycles. The molecule has 0 saturated carbocycles. The molecular weight excluding hydrogens is 679 g/mol. The van der Waals surface area contributed by atoms with E-state index in [1.54, 1.807) is 0 Å². The number of aliphatic hydroxyl groups excluding tert-OH is 2. The predicted octanol–water partition coefficient (Wildman–Crippen LogP) is 4.55. The number of aliphatic hydroxyl groups is 2. The summed E-state index contributed by atoms with van der Waals surface area (Å²) >= 11 is 2.99. The minimum atomic E-state index is -5.61. The van der Waals surface area contributed by atoms with E-state index in [0.29, 0.717) is 6.07 Å². The Balaban J connectivity index is 2.80. The summed E-state index contributed by atoms with van der Waals surface area (Å²) in [5, 5.41) is 23.6. The Hall–Kier alpha value is -0.630. The SMILES string of the molecule is OC1N(c2cccc(C(F)(F)F)n2)N=C(C(F)(F)F)C1(C(CI)CI)C(O)C(F)(F)F. The van der Waals surface area contributed by atoms with Crippen LogP contribution in [0.4, 0.5) is 45.3 Å². The van der Waals surface area contributed by atoms with Gasteiger partial charge in [0, 0.05) is 8.86 Å². The molecule has 2 rings (SSSR count). The molecule has 0 radical (unpaired) electrons. The molecule has 1 aliphatic heterocycles. The molecule has 0 spiro atoms. The highest BCUT2D eigenvalue weighted by molar-refractivity contribution is 14.1. The number of alkyl halides is 11. The first kappa shape index (κ1) is 26.6. The molecule has 0 fully saturated rings. The third-order valence-electron chi connectivity index (χ3n) is 4.62. The van der Waals surface area contributed by atoms with Crippen molar-refractivity contribution < 1.29 is 49.7 Å². The molecule has 3 unspecified atom stereocenters. The quantitative estimate of drug-likeness (QED) is 0.271. The molecule has 1 aromatic heterocycles. The van der Waals surface area contributed by atoms with Gasteiger partial charge in [-0.25, -0.2) is 9.99 Å². The average Bonchev–Trinajstić information content (AvgIpc) is 2.95. The molecular formula is C15H12F9I2N3O2. The van der Waals surface area contributed by atoms with Gasteiger partial charge in [-0.15, -0.1) is 0 Å². The standard InChI is InChI=1S/C15H12F9I2N3O2/c16-13(17,18)7-2-1-3-8(27-7)29-11(31)12(6(4-25)5-26,10(30)15(22,23)24)9(28-29)14(19,20)21/h1-3,6,10-11,30-31H,4-5H2. The highest BCUT2D eigenvalue weighted by Crippen LogP contribution is 2.53. The van der Waals surface area contributed by atoms with Gasteiger partial charge in [-0.05, 0) is 18.1 Å². The summed E-state index contributed by atoms with van der Waals surface area (Å²) in [6, 6.07) is 1.97. The van der Waals surface area contributed by atoms with Gasteiger partial charge < -0.3 is 10.2 Å². The Labute approximate surface area is 196 Å². The molecule has 1 aromatic rings. The van der Waals surface area contributed by atoms with Crippen molar-refractivity contribution in [3.63, 3.8) is 0 Å². The van der Waals surface area contributed by atoms with E-state index in [1.807, 2.05) is 0 Å². The molecule has 0 amide bonds. The van der Waals surface area contributed by atoms with Gasteiger partial charge in [0.05, 0.1) is 0 Å². The van der Waals surface area contributed by atoms with E-state index in [4.69, 9.17) is 0 Å². The van der Waals surface area contributed by atoms with Crippen molar-refractivity contribution in [1.82, 2.24) is 4.98 Å². The van der Waals surface area contributed by atoms with Crippen LogP contribution in [0.25, 0.3) is 0 Å². The number of hydrogen-bond acceptors (Lipinski definition) is 5. The number of hydrogen-bond donors (Lipinski definition) is 2.